The lowest BCUT2D eigenvalue weighted by Crippen LogP contribution is -2.59. The van der Waals surface area contributed by atoms with E-state index in [0.29, 0.717) is 0 Å². The summed E-state index contributed by atoms with van der Waals surface area (Å²) in [7, 11) is 1.38. The van der Waals surface area contributed by atoms with Crippen molar-refractivity contribution >= 4 is 0 Å². The molecule has 0 aliphatic carbocycles. The molecule has 1 fully saturated rings. The molecule has 112 valence electrons. The zero-order valence-corrected chi connectivity index (χ0v) is 11.3. The van der Waals surface area contributed by atoms with E-state index < -0.39 is 30.7 Å². The van der Waals surface area contributed by atoms with E-state index >= 15 is 0 Å². The van der Waals surface area contributed by atoms with Gasteiger partial charge in [0.1, 0.15) is 24.4 Å². The summed E-state index contributed by atoms with van der Waals surface area (Å²) in [5, 5.41) is 29.3. The van der Waals surface area contributed by atoms with E-state index in [2.05, 4.69) is 0 Å². The van der Waals surface area contributed by atoms with Gasteiger partial charge in [-0.15, -0.1) is 0 Å². The monoisotopic (exact) mass is 284 g/mol. The van der Waals surface area contributed by atoms with Gasteiger partial charge in [0.15, 0.2) is 6.29 Å². The summed E-state index contributed by atoms with van der Waals surface area (Å²) in [4.78, 5) is 0. The molecule has 1 aromatic rings. The smallest absolute Gasteiger partial charge is 0.186 e. The second-order valence-electron chi connectivity index (χ2n) is 4.70. The minimum Gasteiger partial charge on any atom is -0.394 e. The largest absolute Gasteiger partial charge is 0.394 e. The molecule has 3 N–H and O–H groups in total. The standard InChI is InChI=1S/C14H20O6/c1-18-14-12(17)13(11(16)10(7-15)20-14)19-8-9-5-3-2-4-6-9/h2-6,10-17H,7-8H2,1H3/t10-,11+,12-,13+,14+/m1/s1. The van der Waals surface area contributed by atoms with E-state index in [-0.39, 0.29) is 13.2 Å². The number of aliphatic hydroxyl groups is 3. The Bertz CT molecular complexity index is 382. The molecule has 6 heteroatoms. The van der Waals surface area contributed by atoms with Gasteiger partial charge < -0.3 is 29.5 Å². The Kier molecular flexibility index (Phi) is 5.47. The normalized spacial score (nSPS) is 34.1. The quantitative estimate of drug-likeness (QED) is 0.685. The van der Waals surface area contributed by atoms with Gasteiger partial charge in [0.05, 0.1) is 13.2 Å². The third kappa shape index (κ3) is 3.35. The zero-order valence-electron chi connectivity index (χ0n) is 11.3. The van der Waals surface area contributed by atoms with Crippen molar-refractivity contribution in [1.29, 1.82) is 0 Å². The molecule has 1 aliphatic rings. The minimum atomic E-state index is -1.12. The lowest BCUT2D eigenvalue weighted by molar-refractivity contribution is -0.303. The van der Waals surface area contributed by atoms with Crippen LogP contribution in [0, 0.1) is 0 Å². The fourth-order valence-corrected chi connectivity index (χ4v) is 2.21. The minimum absolute atomic E-state index is 0.244. The summed E-state index contributed by atoms with van der Waals surface area (Å²) >= 11 is 0. The molecule has 1 heterocycles. The van der Waals surface area contributed by atoms with Gasteiger partial charge in [0, 0.05) is 7.11 Å². The summed E-state index contributed by atoms with van der Waals surface area (Å²) in [6, 6.07) is 9.42. The number of aliphatic hydroxyl groups excluding tert-OH is 3. The first-order valence-electron chi connectivity index (χ1n) is 6.48. The third-order valence-corrected chi connectivity index (χ3v) is 3.34. The predicted molar refractivity (Wildman–Crippen MR) is 69.8 cm³/mol. The Morgan fingerprint density at radius 3 is 2.45 bits per heavy atom. The predicted octanol–water partition coefficient (Wildman–Crippen LogP) is -0.343. The van der Waals surface area contributed by atoms with E-state index in [1.54, 1.807) is 0 Å². The fraction of sp³-hybridized carbons (Fsp3) is 0.571. The molecule has 0 bridgehead atoms. The van der Waals surface area contributed by atoms with Crippen molar-refractivity contribution in [3.63, 3.8) is 0 Å². The molecule has 0 unspecified atom stereocenters. The zero-order chi connectivity index (χ0) is 14.5. The van der Waals surface area contributed by atoms with Crippen molar-refractivity contribution in [3.8, 4) is 0 Å². The summed E-state index contributed by atoms with van der Waals surface area (Å²) in [6.45, 7) is -0.132. The van der Waals surface area contributed by atoms with Gasteiger partial charge in [-0.2, -0.15) is 0 Å². The van der Waals surface area contributed by atoms with Crippen LogP contribution in [-0.2, 0) is 20.8 Å². The average Bonchev–Trinajstić information content (AvgIpc) is 2.48. The maximum absolute atomic E-state index is 10.1. The number of ether oxygens (including phenoxy) is 3. The molecule has 1 saturated heterocycles. The molecule has 0 saturated carbocycles. The molecule has 0 amide bonds. The van der Waals surface area contributed by atoms with Crippen LogP contribution in [0.3, 0.4) is 0 Å². The highest BCUT2D eigenvalue weighted by Gasteiger charge is 2.45. The number of benzene rings is 1. The summed E-state index contributed by atoms with van der Waals surface area (Å²) < 4.78 is 15.8. The van der Waals surface area contributed by atoms with E-state index in [1.807, 2.05) is 30.3 Å². The highest BCUT2D eigenvalue weighted by Crippen LogP contribution is 2.24. The van der Waals surface area contributed by atoms with Gasteiger partial charge in [-0.05, 0) is 5.56 Å². The van der Waals surface area contributed by atoms with Gasteiger partial charge in [0.2, 0.25) is 0 Å². The summed E-state index contributed by atoms with van der Waals surface area (Å²) in [6.07, 6.45) is -4.90. The van der Waals surface area contributed by atoms with Crippen LogP contribution < -0.4 is 0 Å². The van der Waals surface area contributed by atoms with Crippen molar-refractivity contribution in [2.75, 3.05) is 13.7 Å². The van der Waals surface area contributed by atoms with Crippen molar-refractivity contribution in [3.05, 3.63) is 35.9 Å². The second-order valence-corrected chi connectivity index (χ2v) is 4.70. The van der Waals surface area contributed by atoms with E-state index in [0.717, 1.165) is 5.56 Å². The Hall–Kier alpha value is -1.02. The Labute approximate surface area is 117 Å². The first-order chi connectivity index (χ1) is 9.67. The van der Waals surface area contributed by atoms with Crippen LogP contribution >= 0.6 is 0 Å². The van der Waals surface area contributed by atoms with Gasteiger partial charge >= 0.3 is 0 Å². The second kappa shape index (κ2) is 7.12. The highest BCUT2D eigenvalue weighted by molar-refractivity contribution is 5.13. The van der Waals surface area contributed by atoms with Gasteiger partial charge in [-0.25, -0.2) is 0 Å². The molecule has 6 nitrogen and oxygen atoms in total. The molecule has 1 aromatic carbocycles. The van der Waals surface area contributed by atoms with Crippen LogP contribution in [0.5, 0.6) is 0 Å². The Balaban J connectivity index is 2.02. The molecule has 5 atom stereocenters. The lowest BCUT2D eigenvalue weighted by Gasteiger charge is -2.41. The molecule has 0 spiro atoms. The van der Waals surface area contributed by atoms with E-state index in [9.17, 15) is 15.3 Å². The summed E-state index contributed by atoms with van der Waals surface area (Å²) in [5.74, 6) is 0. The van der Waals surface area contributed by atoms with Crippen LogP contribution in [0.15, 0.2) is 30.3 Å². The maximum Gasteiger partial charge on any atom is 0.186 e. The molecule has 0 radical (unpaired) electrons. The van der Waals surface area contributed by atoms with Crippen molar-refractivity contribution in [2.24, 2.45) is 0 Å². The topological polar surface area (TPSA) is 88.4 Å². The lowest BCUT2D eigenvalue weighted by atomic mass is 9.99. The van der Waals surface area contributed by atoms with Crippen LogP contribution in [-0.4, -0.2) is 59.7 Å². The van der Waals surface area contributed by atoms with Gasteiger partial charge in [0.25, 0.3) is 0 Å². The molecular formula is C14H20O6. The number of rotatable bonds is 5. The Morgan fingerprint density at radius 1 is 1.15 bits per heavy atom. The Morgan fingerprint density at radius 2 is 1.85 bits per heavy atom. The van der Waals surface area contributed by atoms with Crippen LogP contribution in [0.2, 0.25) is 0 Å². The van der Waals surface area contributed by atoms with Crippen LogP contribution in [0.4, 0.5) is 0 Å². The SMILES string of the molecule is CO[C@H]1O[C@H](CO)[C@H](O)[C@H](OCc2ccccc2)[C@H]1O. The van der Waals surface area contributed by atoms with E-state index in [4.69, 9.17) is 14.2 Å². The van der Waals surface area contributed by atoms with E-state index in [1.165, 1.54) is 7.11 Å². The highest BCUT2D eigenvalue weighted by atomic mass is 16.7. The fourth-order valence-electron chi connectivity index (χ4n) is 2.21. The number of methoxy groups -OCH3 is 1. The molecule has 0 aromatic heterocycles. The average molecular weight is 284 g/mol. The van der Waals surface area contributed by atoms with Crippen LogP contribution in [0.25, 0.3) is 0 Å². The molecule has 1 aliphatic heterocycles. The molecule has 2 rings (SSSR count). The molecular weight excluding hydrogens is 264 g/mol. The first-order valence-corrected chi connectivity index (χ1v) is 6.48. The first kappa shape index (κ1) is 15.4. The van der Waals surface area contributed by atoms with Gasteiger partial charge in [-0.1, -0.05) is 30.3 Å². The van der Waals surface area contributed by atoms with Crippen molar-refractivity contribution in [2.45, 2.75) is 37.3 Å². The van der Waals surface area contributed by atoms with Crippen molar-refractivity contribution < 1.29 is 29.5 Å². The number of hydrogen-bond acceptors (Lipinski definition) is 6. The maximum atomic E-state index is 10.1. The van der Waals surface area contributed by atoms with Crippen molar-refractivity contribution in [1.82, 2.24) is 0 Å². The molecule has 20 heavy (non-hydrogen) atoms. The third-order valence-electron chi connectivity index (χ3n) is 3.34. The summed E-state index contributed by atoms with van der Waals surface area (Å²) in [5.41, 5.74) is 0.924. The van der Waals surface area contributed by atoms with Gasteiger partial charge in [-0.3, -0.25) is 0 Å². The number of hydrogen-bond donors (Lipinski definition) is 3. The van der Waals surface area contributed by atoms with Crippen LogP contribution in [0.1, 0.15) is 5.56 Å².